The summed E-state index contributed by atoms with van der Waals surface area (Å²) in [6.07, 6.45) is 1.88. The fourth-order valence-electron chi connectivity index (χ4n) is 3.57. The van der Waals surface area contributed by atoms with Gasteiger partial charge in [0.15, 0.2) is 0 Å². The van der Waals surface area contributed by atoms with Crippen molar-refractivity contribution in [2.45, 2.75) is 30.7 Å². The van der Waals surface area contributed by atoms with Crippen molar-refractivity contribution in [1.29, 1.82) is 0 Å². The van der Waals surface area contributed by atoms with Crippen LogP contribution in [0.3, 0.4) is 0 Å². The van der Waals surface area contributed by atoms with E-state index in [4.69, 9.17) is 0 Å². The van der Waals surface area contributed by atoms with Gasteiger partial charge < -0.3 is 4.90 Å². The van der Waals surface area contributed by atoms with Crippen LogP contribution in [0, 0.1) is 5.92 Å². The zero-order valence-corrected chi connectivity index (χ0v) is 17.5. The lowest BCUT2D eigenvalue weighted by molar-refractivity contribution is -0.131. The number of benzene rings is 2. The van der Waals surface area contributed by atoms with Crippen molar-refractivity contribution in [3.8, 4) is 0 Å². The number of carbonyl (C=O) groups is 1. The number of sulfonamides is 1. The Morgan fingerprint density at radius 1 is 1.07 bits per heavy atom. The van der Waals surface area contributed by atoms with Gasteiger partial charge in [-0.1, -0.05) is 36.4 Å². The van der Waals surface area contributed by atoms with Crippen molar-refractivity contribution in [2.75, 3.05) is 13.1 Å². The molecule has 152 valence electrons. The Balaban J connectivity index is 1.39. The number of aromatic nitrogens is 2. The molecule has 0 saturated carbocycles. The topological polar surface area (TPSA) is 92.3 Å². The Bertz CT molecular complexity index is 1100. The maximum Gasteiger partial charge on any atom is 0.242 e. The summed E-state index contributed by atoms with van der Waals surface area (Å²) in [6.45, 7) is 1.53. The fourth-order valence-corrected chi connectivity index (χ4v) is 5.45. The molecular formula is C20H22N4O3S2. The molecule has 1 aliphatic rings. The zero-order chi connectivity index (χ0) is 20.3. The second kappa shape index (κ2) is 8.56. The van der Waals surface area contributed by atoms with Crippen molar-refractivity contribution < 1.29 is 13.2 Å². The van der Waals surface area contributed by atoms with Crippen LogP contribution in [0.25, 0.3) is 11.0 Å². The first kappa shape index (κ1) is 19.9. The van der Waals surface area contributed by atoms with Gasteiger partial charge in [-0.25, -0.2) is 13.1 Å². The maximum absolute atomic E-state index is 12.8. The predicted molar refractivity (Wildman–Crippen MR) is 112 cm³/mol. The van der Waals surface area contributed by atoms with Crippen LogP contribution in [0.1, 0.15) is 24.8 Å². The van der Waals surface area contributed by atoms with Crippen LogP contribution in [0.2, 0.25) is 0 Å². The highest BCUT2D eigenvalue weighted by Gasteiger charge is 2.25. The van der Waals surface area contributed by atoms with Crippen molar-refractivity contribution in [2.24, 2.45) is 5.92 Å². The van der Waals surface area contributed by atoms with Gasteiger partial charge in [-0.3, -0.25) is 4.79 Å². The Kier molecular flexibility index (Phi) is 5.89. The molecule has 1 saturated heterocycles. The van der Waals surface area contributed by atoms with Gasteiger partial charge in [-0.2, -0.15) is 8.75 Å². The van der Waals surface area contributed by atoms with Crippen LogP contribution in [-0.4, -0.2) is 41.1 Å². The average molecular weight is 431 g/mol. The van der Waals surface area contributed by atoms with E-state index < -0.39 is 10.0 Å². The largest absolute Gasteiger partial charge is 0.338 e. The summed E-state index contributed by atoms with van der Waals surface area (Å²) in [5.74, 6) is 0.236. The summed E-state index contributed by atoms with van der Waals surface area (Å²) in [7, 11) is -3.69. The number of hydrogen-bond donors (Lipinski definition) is 1. The van der Waals surface area contributed by atoms with Crippen LogP contribution in [-0.2, 0) is 21.4 Å². The minimum Gasteiger partial charge on any atom is -0.338 e. The lowest BCUT2D eigenvalue weighted by atomic mass is 10.0. The molecule has 1 N–H and O–H groups in total. The van der Waals surface area contributed by atoms with Crippen molar-refractivity contribution in [3.05, 3.63) is 54.1 Å². The van der Waals surface area contributed by atoms with E-state index in [1.54, 1.807) is 18.2 Å². The highest BCUT2D eigenvalue weighted by Crippen LogP contribution is 2.23. The molecule has 1 aliphatic heterocycles. The minimum atomic E-state index is -3.69. The van der Waals surface area contributed by atoms with Gasteiger partial charge in [-0.15, -0.1) is 0 Å². The normalized spacial score (nSPS) is 18.1. The molecule has 1 fully saturated rings. The Labute approximate surface area is 174 Å². The zero-order valence-electron chi connectivity index (χ0n) is 15.8. The average Bonchev–Trinajstić information content (AvgIpc) is 3.14. The fraction of sp³-hybridized carbons (Fsp3) is 0.350. The summed E-state index contributed by atoms with van der Waals surface area (Å²) >= 11 is 0.998. The van der Waals surface area contributed by atoms with E-state index in [2.05, 4.69) is 13.5 Å². The van der Waals surface area contributed by atoms with Crippen LogP contribution in [0.15, 0.2) is 53.4 Å². The first-order chi connectivity index (χ1) is 14.0. The first-order valence-corrected chi connectivity index (χ1v) is 11.8. The molecule has 1 aromatic heterocycles. The molecule has 0 aliphatic carbocycles. The van der Waals surface area contributed by atoms with Crippen molar-refractivity contribution >= 4 is 38.7 Å². The quantitative estimate of drug-likeness (QED) is 0.649. The summed E-state index contributed by atoms with van der Waals surface area (Å²) < 4.78 is 36.5. The van der Waals surface area contributed by atoms with Crippen LogP contribution in [0.5, 0.6) is 0 Å². The molecule has 4 rings (SSSR count). The molecule has 0 spiro atoms. The molecule has 2 heterocycles. The number of amides is 1. The molecule has 29 heavy (non-hydrogen) atoms. The van der Waals surface area contributed by atoms with Crippen LogP contribution >= 0.6 is 11.7 Å². The third-order valence-corrected chi connectivity index (χ3v) is 7.24. The molecule has 0 radical (unpaired) electrons. The molecule has 7 nitrogen and oxygen atoms in total. The van der Waals surface area contributed by atoms with Crippen molar-refractivity contribution in [1.82, 2.24) is 18.4 Å². The molecule has 2 aromatic carbocycles. The maximum atomic E-state index is 12.8. The highest BCUT2D eigenvalue weighted by atomic mass is 32.2. The number of nitrogens with zero attached hydrogens (tertiary/aromatic N) is 3. The third kappa shape index (κ3) is 4.63. The SMILES string of the molecule is O=C1CCC(CNS(=O)(=O)c2cccc3nsnc23)CCN1Cc1ccccc1. The van der Waals surface area contributed by atoms with Gasteiger partial charge >= 0.3 is 0 Å². The summed E-state index contributed by atoms with van der Waals surface area (Å²) in [5, 5.41) is 0. The van der Waals surface area contributed by atoms with Gasteiger partial charge in [0.1, 0.15) is 15.9 Å². The molecule has 1 unspecified atom stereocenters. The van der Waals surface area contributed by atoms with E-state index in [-0.39, 0.29) is 16.7 Å². The van der Waals surface area contributed by atoms with E-state index in [0.29, 0.717) is 43.5 Å². The molecule has 3 aromatic rings. The molecule has 1 atom stereocenters. The van der Waals surface area contributed by atoms with E-state index in [0.717, 1.165) is 23.7 Å². The van der Waals surface area contributed by atoms with E-state index in [1.807, 2.05) is 35.2 Å². The molecular weight excluding hydrogens is 408 g/mol. The standard InChI is InChI=1S/C20H22N4O3S2/c25-19-10-9-15(11-12-24(19)14-16-5-2-1-3-6-16)13-21-29(26,27)18-8-4-7-17-20(18)23-28-22-17/h1-8,15,21H,9-14H2. The monoisotopic (exact) mass is 430 g/mol. The smallest absolute Gasteiger partial charge is 0.242 e. The number of carbonyl (C=O) groups excluding carboxylic acids is 1. The van der Waals surface area contributed by atoms with Crippen molar-refractivity contribution in [3.63, 3.8) is 0 Å². The second-order valence-electron chi connectivity index (χ2n) is 7.23. The Morgan fingerprint density at radius 3 is 2.72 bits per heavy atom. The number of nitrogens with one attached hydrogen (secondary N) is 1. The summed E-state index contributed by atoms with van der Waals surface area (Å²) in [5.41, 5.74) is 2.08. The Hall–Kier alpha value is -2.36. The van der Waals surface area contributed by atoms with Gasteiger partial charge in [0.25, 0.3) is 0 Å². The van der Waals surface area contributed by atoms with Gasteiger partial charge in [-0.05, 0) is 36.5 Å². The van der Waals surface area contributed by atoms with Crippen LogP contribution in [0.4, 0.5) is 0 Å². The molecule has 9 heteroatoms. The minimum absolute atomic E-state index is 0.113. The van der Waals surface area contributed by atoms with Gasteiger partial charge in [0.2, 0.25) is 15.9 Å². The second-order valence-corrected chi connectivity index (χ2v) is 9.50. The van der Waals surface area contributed by atoms with Gasteiger partial charge in [0, 0.05) is 26.1 Å². The predicted octanol–water partition coefficient (Wildman–Crippen LogP) is 2.80. The number of rotatable bonds is 6. The summed E-state index contributed by atoms with van der Waals surface area (Å²) in [4.78, 5) is 14.5. The molecule has 1 amide bonds. The lowest BCUT2D eigenvalue weighted by Gasteiger charge is -2.21. The summed E-state index contributed by atoms with van der Waals surface area (Å²) in [6, 6.07) is 14.9. The van der Waals surface area contributed by atoms with Crippen LogP contribution < -0.4 is 4.72 Å². The lowest BCUT2D eigenvalue weighted by Crippen LogP contribution is -2.31. The van der Waals surface area contributed by atoms with E-state index >= 15 is 0 Å². The van der Waals surface area contributed by atoms with Gasteiger partial charge in [0.05, 0.1) is 11.7 Å². The first-order valence-electron chi connectivity index (χ1n) is 9.55. The molecule has 0 bridgehead atoms. The Morgan fingerprint density at radius 2 is 1.90 bits per heavy atom. The number of likely N-dealkylation sites (tertiary alicyclic amines) is 1. The highest BCUT2D eigenvalue weighted by molar-refractivity contribution is 7.89. The number of fused-ring (bicyclic) bond motifs is 1. The third-order valence-electron chi connectivity index (χ3n) is 5.24. The van der Waals surface area contributed by atoms with E-state index in [9.17, 15) is 13.2 Å². The van der Waals surface area contributed by atoms with E-state index in [1.165, 1.54) is 0 Å². The number of hydrogen-bond acceptors (Lipinski definition) is 6.